The van der Waals surface area contributed by atoms with Crippen LogP contribution in [-0.4, -0.2) is 35.1 Å². The summed E-state index contributed by atoms with van der Waals surface area (Å²) in [7, 11) is 1.29. The number of amides is 1. The second-order valence-electron chi connectivity index (χ2n) is 6.09. The number of phenolic OH excluding ortho intramolecular Hbond substituents is 1. The van der Waals surface area contributed by atoms with E-state index < -0.39 is 12.0 Å². The van der Waals surface area contributed by atoms with Crippen LogP contribution < -0.4 is 5.32 Å². The molecule has 0 unspecified atom stereocenters. The number of benzene rings is 2. The van der Waals surface area contributed by atoms with Crippen molar-refractivity contribution in [1.82, 2.24) is 10.3 Å². The van der Waals surface area contributed by atoms with Crippen LogP contribution in [0.3, 0.4) is 0 Å². The normalized spacial score (nSPS) is 11.9. The number of hydrogen-bond donors (Lipinski definition) is 2. The lowest BCUT2D eigenvalue weighted by Gasteiger charge is -2.16. The fourth-order valence-electron chi connectivity index (χ4n) is 2.72. The van der Waals surface area contributed by atoms with Gasteiger partial charge in [0.25, 0.3) is 0 Å². The summed E-state index contributed by atoms with van der Waals surface area (Å²) in [6.45, 7) is 0. The van der Waals surface area contributed by atoms with E-state index in [-0.39, 0.29) is 18.1 Å². The molecule has 1 atom stereocenters. The first-order chi connectivity index (χ1) is 13.0. The summed E-state index contributed by atoms with van der Waals surface area (Å²) in [5, 5.41) is 13.0. The molecule has 2 N–H and O–H groups in total. The molecule has 27 heavy (non-hydrogen) atoms. The highest BCUT2D eigenvalue weighted by Crippen LogP contribution is 2.22. The summed E-state index contributed by atoms with van der Waals surface area (Å²) in [6, 6.07) is 13.6. The predicted molar refractivity (Wildman–Crippen MR) is 104 cm³/mol. The summed E-state index contributed by atoms with van der Waals surface area (Å²) >= 11 is 1.57. The monoisotopic (exact) mass is 384 g/mol. The van der Waals surface area contributed by atoms with Gasteiger partial charge in [0.2, 0.25) is 5.91 Å². The summed E-state index contributed by atoms with van der Waals surface area (Å²) in [5.74, 6) is -0.590. The van der Waals surface area contributed by atoms with Gasteiger partial charge < -0.3 is 15.2 Å². The van der Waals surface area contributed by atoms with Crippen molar-refractivity contribution in [2.24, 2.45) is 0 Å². The van der Waals surface area contributed by atoms with E-state index in [9.17, 15) is 14.7 Å². The number of rotatable bonds is 7. The Hall–Kier alpha value is -2.93. The SMILES string of the molecule is COC(=O)[C@@H](Cc1ccc(O)cc1)NC(=O)CCc1nc2ccccc2s1. The average molecular weight is 384 g/mol. The van der Waals surface area contributed by atoms with E-state index in [2.05, 4.69) is 10.3 Å². The van der Waals surface area contributed by atoms with Crippen LogP contribution in [0.5, 0.6) is 5.75 Å². The number of para-hydroxylation sites is 1. The van der Waals surface area contributed by atoms with Crippen molar-refractivity contribution in [3.63, 3.8) is 0 Å². The van der Waals surface area contributed by atoms with E-state index in [1.54, 1.807) is 35.6 Å². The molecular weight excluding hydrogens is 364 g/mol. The van der Waals surface area contributed by atoms with Gasteiger partial charge >= 0.3 is 5.97 Å². The van der Waals surface area contributed by atoms with E-state index in [0.29, 0.717) is 12.8 Å². The van der Waals surface area contributed by atoms with Gasteiger partial charge in [-0.3, -0.25) is 4.79 Å². The van der Waals surface area contributed by atoms with E-state index in [1.807, 2.05) is 24.3 Å². The highest BCUT2D eigenvalue weighted by molar-refractivity contribution is 7.18. The number of nitrogens with one attached hydrogen (secondary N) is 1. The van der Waals surface area contributed by atoms with E-state index in [0.717, 1.165) is 20.8 Å². The molecule has 0 spiro atoms. The summed E-state index contributed by atoms with van der Waals surface area (Å²) in [4.78, 5) is 28.9. The van der Waals surface area contributed by atoms with Crippen LogP contribution in [0.4, 0.5) is 0 Å². The number of nitrogens with zero attached hydrogens (tertiary/aromatic N) is 1. The number of ether oxygens (including phenoxy) is 1. The van der Waals surface area contributed by atoms with E-state index in [4.69, 9.17) is 4.74 Å². The maximum absolute atomic E-state index is 12.3. The Morgan fingerprint density at radius 1 is 1.19 bits per heavy atom. The first kappa shape index (κ1) is 18.8. The number of hydrogen-bond acceptors (Lipinski definition) is 6. The van der Waals surface area contributed by atoms with Crippen molar-refractivity contribution in [3.8, 4) is 5.75 Å². The largest absolute Gasteiger partial charge is 0.508 e. The number of carbonyl (C=O) groups is 2. The molecule has 0 saturated carbocycles. The Morgan fingerprint density at radius 2 is 1.93 bits per heavy atom. The quantitative estimate of drug-likeness (QED) is 0.612. The Morgan fingerprint density at radius 3 is 2.63 bits per heavy atom. The minimum atomic E-state index is -0.776. The molecule has 0 aliphatic carbocycles. The van der Waals surface area contributed by atoms with Crippen molar-refractivity contribution >= 4 is 33.4 Å². The molecule has 0 aliphatic heterocycles. The molecule has 0 bridgehead atoms. The topological polar surface area (TPSA) is 88.5 Å². The van der Waals surface area contributed by atoms with Crippen LogP contribution in [0.25, 0.3) is 10.2 Å². The number of fused-ring (bicyclic) bond motifs is 1. The van der Waals surface area contributed by atoms with Gasteiger partial charge in [0, 0.05) is 19.3 Å². The van der Waals surface area contributed by atoms with Gasteiger partial charge in [-0.1, -0.05) is 24.3 Å². The molecule has 0 saturated heterocycles. The Labute approximate surface area is 160 Å². The Kier molecular flexibility index (Phi) is 6.03. The third kappa shape index (κ3) is 5.04. The second-order valence-corrected chi connectivity index (χ2v) is 7.20. The Bertz CT molecular complexity index is 904. The van der Waals surface area contributed by atoms with Crippen molar-refractivity contribution < 1.29 is 19.4 Å². The van der Waals surface area contributed by atoms with Crippen LogP contribution >= 0.6 is 11.3 Å². The lowest BCUT2D eigenvalue weighted by molar-refractivity contribution is -0.145. The smallest absolute Gasteiger partial charge is 0.328 e. The van der Waals surface area contributed by atoms with Gasteiger partial charge in [-0.15, -0.1) is 11.3 Å². The molecule has 3 rings (SSSR count). The molecule has 0 aliphatic rings. The third-order valence-corrected chi connectivity index (χ3v) is 5.20. The van der Waals surface area contributed by atoms with Crippen LogP contribution in [0.1, 0.15) is 17.0 Å². The summed E-state index contributed by atoms with van der Waals surface area (Å²) < 4.78 is 5.89. The minimum absolute atomic E-state index is 0.147. The lowest BCUT2D eigenvalue weighted by atomic mass is 10.1. The lowest BCUT2D eigenvalue weighted by Crippen LogP contribution is -2.43. The molecular formula is C20H20N2O4S. The second kappa shape index (κ2) is 8.64. The zero-order chi connectivity index (χ0) is 19.2. The molecule has 1 aromatic heterocycles. The molecule has 140 valence electrons. The summed E-state index contributed by atoms with van der Waals surface area (Å²) in [5.41, 5.74) is 1.74. The first-order valence-electron chi connectivity index (χ1n) is 8.54. The standard InChI is InChI=1S/C20H20N2O4S/c1-26-20(25)16(12-13-6-8-14(23)9-7-13)21-18(24)10-11-19-22-15-4-2-3-5-17(15)27-19/h2-9,16,23H,10-12H2,1H3,(H,21,24)/t16-/m1/s1. The van der Waals surface area contributed by atoms with Crippen molar-refractivity contribution in [1.29, 1.82) is 0 Å². The predicted octanol–water partition coefficient (Wildman–Crippen LogP) is 2.84. The highest BCUT2D eigenvalue weighted by atomic mass is 32.1. The number of esters is 1. The zero-order valence-electron chi connectivity index (χ0n) is 14.8. The van der Waals surface area contributed by atoms with Crippen molar-refractivity contribution in [2.45, 2.75) is 25.3 Å². The number of carbonyl (C=O) groups excluding carboxylic acids is 2. The minimum Gasteiger partial charge on any atom is -0.508 e. The molecule has 0 radical (unpaired) electrons. The van der Waals surface area contributed by atoms with Crippen LogP contribution in [0.2, 0.25) is 0 Å². The molecule has 1 amide bonds. The Balaban J connectivity index is 1.59. The molecule has 6 nitrogen and oxygen atoms in total. The van der Waals surface area contributed by atoms with Gasteiger partial charge in [-0.05, 0) is 29.8 Å². The van der Waals surface area contributed by atoms with Gasteiger partial charge in [0.15, 0.2) is 0 Å². The van der Waals surface area contributed by atoms with E-state index >= 15 is 0 Å². The maximum atomic E-state index is 12.3. The number of aromatic hydroxyl groups is 1. The van der Waals surface area contributed by atoms with Crippen LogP contribution in [0, 0.1) is 0 Å². The number of phenols is 1. The number of aromatic nitrogens is 1. The molecule has 1 heterocycles. The van der Waals surface area contributed by atoms with Crippen LogP contribution in [0.15, 0.2) is 48.5 Å². The third-order valence-electron chi connectivity index (χ3n) is 4.10. The molecule has 2 aromatic carbocycles. The zero-order valence-corrected chi connectivity index (χ0v) is 15.7. The molecule has 0 fully saturated rings. The van der Waals surface area contributed by atoms with Gasteiger partial charge in [-0.2, -0.15) is 0 Å². The van der Waals surface area contributed by atoms with Crippen molar-refractivity contribution in [3.05, 3.63) is 59.1 Å². The van der Waals surface area contributed by atoms with Gasteiger partial charge in [-0.25, -0.2) is 9.78 Å². The highest BCUT2D eigenvalue weighted by Gasteiger charge is 2.22. The number of thiazole rings is 1. The molecule has 3 aromatic rings. The van der Waals surface area contributed by atoms with Gasteiger partial charge in [0.1, 0.15) is 11.8 Å². The van der Waals surface area contributed by atoms with Crippen molar-refractivity contribution in [2.75, 3.05) is 7.11 Å². The van der Waals surface area contributed by atoms with Gasteiger partial charge in [0.05, 0.1) is 22.3 Å². The fourth-order valence-corrected chi connectivity index (χ4v) is 3.68. The number of aryl methyl sites for hydroxylation is 1. The maximum Gasteiger partial charge on any atom is 0.328 e. The first-order valence-corrected chi connectivity index (χ1v) is 9.36. The van der Waals surface area contributed by atoms with E-state index in [1.165, 1.54) is 7.11 Å². The number of methoxy groups -OCH3 is 1. The average Bonchev–Trinajstić information content (AvgIpc) is 3.10. The fraction of sp³-hybridized carbons (Fsp3) is 0.250. The van der Waals surface area contributed by atoms with Crippen LogP contribution in [-0.2, 0) is 27.2 Å². The summed E-state index contributed by atoms with van der Waals surface area (Å²) in [6.07, 6.45) is 1.04. The molecule has 7 heteroatoms.